The summed E-state index contributed by atoms with van der Waals surface area (Å²) < 4.78 is 0. The molecule has 0 bridgehead atoms. The summed E-state index contributed by atoms with van der Waals surface area (Å²) in [6, 6.07) is 11.8. The number of para-hydroxylation sites is 1. The molecule has 1 N–H and O–H groups in total. The molecular formula is C15H12ClNOS. The molecule has 0 saturated heterocycles. The minimum atomic E-state index is 0.0642. The largest absolute Gasteiger partial charge is 0.353 e. The highest BCUT2D eigenvalue weighted by atomic mass is 35.5. The lowest BCUT2D eigenvalue weighted by atomic mass is 10.1. The van der Waals surface area contributed by atoms with E-state index in [-0.39, 0.29) is 5.78 Å². The molecule has 0 saturated carbocycles. The van der Waals surface area contributed by atoms with Crippen LogP contribution in [-0.4, -0.2) is 5.78 Å². The molecular weight excluding hydrogens is 278 g/mol. The maximum Gasteiger partial charge on any atom is 0.166 e. The topological polar surface area (TPSA) is 29.1 Å². The molecule has 0 spiro atoms. The quantitative estimate of drug-likeness (QED) is 0.662. The molecule has 2 nitrogen and oxygen atoms in total. The second-order valence-electron chi connectivity index (χ2n) is 4.30. The summed E-state index contributed by atoms with van der Waals surface area (Å²) in [4.78, 5) is 14.3. The van der Waals surface area contributed by atoms with Crippen molar-refractivity contribution in [2.24, 2.45) is 0 Å². The van der Waals surface area contributed by atoms with Gasteiger partial charge in [-0.15, -0.1) is 0 Å². The number of hydrogen-bond donors (Lipinski definition) is 1. The third-order valence-corrected chi connectivity index (χ3v) is 4.53. The SMILES string of the molecule is CCC(=O)c1c(Cl)ccc2c1Nc1ccccc1S2. The summed E-state index contributed by atoms with van der Waals surface area (Å²) in [6.45, 7) is 1.85. The normalized spacial score (nSPS) is 12.3. The number of ketones is 1. The van der Waals surface area contributed by atoms with E-state index in [1.54, 1.807) is 17.8 Å². The number of fused-ring (bicyclic) bond motifs is 2. The Bertz CT molecular complexity index is 669. The van der Waals surface area contributed by atoms with Crippen LogP contribution in [0, 0.1) is 0 Å². The number of hydrogen-bond acceptors (Lipinski definition) is 3. The lowest BCUT2D eigenvalue weighted by Gasteiger charge is -2.23. The van der Waals surface area contributed by atoms with Crippen LogP contribution < -0.4 is 5.32 Å². The molecule has 4 heteroatoms. The molecule has 0 atom stereocenters. The molecule has 2 aromatic carbocycles. The lowest BCUT2D eigenvalue weighted by molar-refractivity contribution is 0.0989. The van der Waals surface area contributed by atoms with Gasteiger partial charge >= 0.3 is 0 Å². The molecule has 0 radical (unpaired) electrons. The average Bonchev–Trinajstić information content (AvgIpc) is 2.44. The minimum absolute atomic E-state index is 0.0642. The smallest absolute Gasteiger partial charge is 0.166 e. The van der Waals surface area contributed by atoms with Gasteiger partial charge in [0.25, 0.3) is 0 Å². The van der Waals surface area contributed by atoms with E-state index in [1.165, 1.54) is 0 Å². The van der Waals surface area contributed by atoms with Crippen LogP contribution in [0.2, 0.25) is 5.02 Å². The van der Waals surface area contributed by atoms with Crippen LogP contribution in [0.5, 0.6) is 0 Å². The van der Waals surface area contributed by atoms with E-state index in [1.807, 2.05) is 31.2 Å². The van der Waals surface area contributed by atoms with Gasteiger partial charge in [-0.3, -0.25) is 4.79 Å². The fourth-order valence-corrected chi connectivity index (χ4v) is 3.40. The minimum Gasteiger partial charge on any atom is -0.353 e. The van der Waals surface area contributed by atoms with E-state index in [9.17, 15) is 4.79 Å². The summed E-state index contributed by atoms with van der Waals surface area (Å²) in [5.41, 5.74) is 2.46. The number of benzene rings is 2. The first kappa shape index (κ1) is 12.6. The van der Waals surface area contributed by atoms with E-state index < -0.39 is 0 Å². The van der Waals surface area contributed by atoms with Crippen molar-refractivity contribution >= 4 is 40.5 Å². The summed E-state index contributed by atoms with van der Waals surface area (Å²) in [6.07, 6.45) is 0.449. The number of carbonyl (C=O) groups excluding carboxylic acids is 1. The maximum absolute atomic E-state index is 12.1. The van der Waals surface area contributed by atoms with Gasteiger partial charge in [0.15, 0.2) is 5.78 Å². The van der Waals surface area contributed by atoms with E-state index in [2.05, 4.69) is 11.4 Å². The standard InChI is InChI=1S/C15H12ClNOS/c1-2-11(18)14-9(16)7-8-13-15(14)17-10-5-3-4-6-12(10)19-13/h3-8,17H,2H2,1H3. The predicted octanol–water partition coefficient (Wildman–Crippen LogP) is 5.14. The van der Waals surface area contributed by atoms with Gasteiger partial charge in [-0.2, -0.15) is 0 Å². The molecule has 0 fully saturated rings. The molecule has 1 aliphatic rings. The summed E-state index contributed by atoms with van der Waals surface area (Å²) in [5, 5.41) is 3.85. The van der Waals surface area contributed by atoms with Gasteiger partial charge in [-0.25, -0.2) is 0 Å². The van der Waals surface area contributed by atoms with Crippen LogP contribution in [-0.2, 0) is 0 Å². The predicted molar refractivity (Wildman–Crippen MR) is 79.9 cm³/mol. The molecule has 2 aromatic rings. The monoisotopic (exact) mass is 289 g/mol. The van der Waals surface area contributed by atoms with Gasteiger partial charge in [0, 0.05) is 16.2 Å². The van der Waals surface area contributed by atoms with Crippen LogP contribution in [0.4, 0.5) is 11.4 Å². The molecule has 1 heterocycles. The van der Waals surface area contributed by atoms with Crippen molar-refractivity contribution in [1.82, 2.24) is 0 Å². The molecule has 96 valence electrons. The molecule has 3 rings (SSSR count). The first-order valence-corrected chi connectivity index (χ1v) is 7.29. The lowest BCUT2D eigenvalue weighted by Crippen LogP contribution is -2.08. The Morgan fingerprint density at radius 1 is 1.21 bits per heavy atom. The van der Waals surface area contributed by atoms with Crippen molar-refractivity contribution < 1.29 is 4.79 Å². The van der Waals surface area contributed by atoms with Gasteiger partial charge < -0.3 is 5.32 Å². The van der Waals surface area contributed by atoms with Crippen molar-refractivity contribution in [2.75, 3.05) is 5.32 Å². The number of carbonyl (C=O) groups is 1. The van der Waals surface area contributed by atoms with Crippen molar-refractivity contribution in [3.63, 3.8) is 0 Å². The van der Waals surface area contributed by atoms with E-state index in [4.69, 9.17) is 11.6 Å². The van der Waals surface area contributed by atoms with Gasteiger partial charge in [-0.05, 0) is 24.3 Å². The van der Waals surface area contributed by atoms with Gasteiger partial charge in [0.05, 0.1) is 22.0 Å². The van der Waals surface area contributed by atoms with Crippen molar-refractivity contribution in [3.8, 4) is 0 Å². The fraction of sp³-hybridized carbons (Fsp3) is 0.133. The van der Waals surface area contributed by atoms with Gasteiger partial charge in [-0.1, -0.05) is 42.4 Å². The second kappa shape index (κ2) is 4.91. The maximum atomic E-state index is 12.1. The highest BCUT2D eigenvalue weighted by Gasteiger charge is 2.22. The molecule has 0 aliphatic carbocycles. The van der Waals surface area contributed by atoms with E-state index in [0.717, 1.165) is 21.2 Å². The third-order valence-electron chi connectivity index (χ3n) is 3.08. The number of rotatable bonds is 2. The Kier molecular flexibility index (Phi) is 3.25. The third kappa shape index (κ3) is 2.13. The van der Waals surface area contributed by atoms with Crippen LogP contribution in [0.3, 0.4) is 0 Å². The first-order valence-electron chi connectivity index (χ1n) is 6.10. The zero-order chi connectivity index (χ0) is 13.4. The Labute approximate surface area is 121 Å². The van der Waals surface area contributed by atoms with Crippen molar-refractivity contribution in [1.29, 1.82) is 0 Å². The van der Waals surface area contributed by atoms with Crippen LogP contribution >= 0.6 is 23.4 Å². The zero-order valence-electron chi connectivity index (χ0n) is 10.4. The first-order chi connectivity index (χ1) is 9.20. The van der Waals surface area contributed by atoms with Gasteiger partial charge in [0.2, 0.25) is 0 Å². The van der Waals surface area contributed by atoms with Crippen LogP contribution in [0.1, 0.15) is 23.7 Å². The number of Topliss-reactive ketones (excluding diaryl/α,β-unsaturated/α-hetero) is 1. The average molecular weight is 290 g/mol. The van der Waals surface area contributed by atoms with Crippen LogP contribution in [0.15, 0.2) is 46.2 Å². The Morgan fingerprint density at radius 3 is 2.79 bits per heavy atom. The summed E-state index contributed by atoms with van der Waals surface area (Å²) >= 11 is 7.85. The fourth-order valence-electron chi connectivity index (χ4n) is 2.13. The highest BCUT2D eigenvalue weighted by molar-refractivity contribution is 7.99. The van der Waals surface area contributed by atoms with Crippen molar-refractivity contribution in [3.05, 3.63) is 47.0 Å². The Balaban J connectivity index is 2.15. The zero-order valence-corrected chi connectivity index (χ0v) is 11.9. The Hall–Kier alpha value is -1.45. The number of halogens is 1. The molecule has 19 heavy (non-hydrogen) atoms. The highest BCUT2D eigenvalue weighted by Crippen LogP contribution is 2.47. The molecule has 0 unspecified atom stereocenters. The summed E-state index contributed by atoms with van der Waals surface area (Å²) in [5.74, 6) is 0.0642. The second-order valence-corrected chi connectivity index (χ2v) is 5.79. The van der Waals surface area contributed by atoms with Crippen molar-refractivity contribution in [2.45, 2.75) is 23.1 Å². The van der Waals surface area contributed by atoms with Crippen LogP contribution in [0.25, 0.3) is 0 Å². The molecule has 0 aromatic heterocycles. The van der Waals surface area contributed by atoms with Gasteiger partial charge in [0.1, 0.15) is 0 Å². The Morgan fingerprint density at radius 2 is 2.00 bits per heavy atom. The number of anilines is 2. The molecule has 1 aliphatic heterocycles. The number of nitrogens with one attached hydrogen (secondary N) is 1. The van der Waals surface area contributed by atoms with E-state index in [0.29, 0.717) is 17.0 Å². The summed E-state index contributed by atoms with van der Waals surface area (Å²) in [7, 11) is 0. The van der Waals surface area contributed by atoms with E-state index >= 15 is 0 Å². The molecule has 0 amide bonds.